The highest BCUT2D eigenvalue weighted by atomic mass is 16.6. The van der Waals surface area contributed by atoms with Gasteiger partial charge in [-0.1, -0.05) is 6.08 Å². The van der Waals surface area contributed by atoms with Gasteiger partial charge in [-0.3, -0.25) is 0 Å². The third kappa shape index (κ3) is 3.66. The highest BCUT2D eigenvalue weighted by Gasteiger charge is 2.25. The number of benzene rings is 1. The average Bonchev–Trinajstić information content (AvgIpc) is 2.50. The van der Waals surface area contributed by atoms with Crippen molar-refractivity contribution in [3.63, 3.8) is 0 Å². The Balaban J connectivity index is 2.27. The summed E-state index contributed by atoms with van der Waals surface area (Å²) in [6.07, 6.45) is 2.85. The highest BCUT2D eigenvalue weighted by Crippen LogP contribution is 2.34. The van der Waals surface area contributed by atoms with Gasteiger partial charge >= 0.3 is 6.09 Å². The van der Waals surface area contributed by atoms with E-state index in [0.29, 0.717) is 13.1 Å². The molecule has 0 aromatic heterocycles. The second-order valence-corrected chi connectivity index (χ2v) is 7.91. The van der Waals surface area contributed by atoms with Crippen LogP contribution in [0, 0.1) is 34.6 Å². The smallest absolute Gasteiger partial charge is 0.410 e. The first-order valence-electron chi connectivity index (χ1n) is 8.77. The average molecular weight is 329 g/mol. The van der Waals surface area contributed by atoms with Crippen molar-refractivity contribution in [1.29, 1.82) is 0 Å². The molecule has 2 rings (SSSR count). The molecule has 0 unspecified atom stereocenters. The first-order chi connectivity index (χ1) is 11.0. The zero-order chi connectivity index (χ0) is 18.2. The van der Waals surface area contributed by atoms with Gasteiger partial charge in [0.05, 0.1) is 0 Å². The van der Waals surface area contributed by atoms with Crippen LogP contribution < -0.4 is 0 Å². The molecule has 1 aliphatic heterocycles. The minimum atomic E-state index is -0.445. The number of hydrogen-bond donors (Lipinski definition) is 0. The molecule has 132 valence electrons. The quantitative estimate of drug-likeness (QED) is 0.704. The monoisotopic (exact) mass is 329 g/mol. The van der Waals surface area contributed by atoms with E-state index in [2.05, 4.69) is 40.7 Å². The van der Waals surface area contributed by atoms with Gasteiger partial charge in [0.2, 0.25) is 0 Å². The number of nitrogens with zero attached hydrogens (tertiary/aromatic N) is 1. The van der Waals surface area contributed by atoms with Crippen LogP contribution in [0.2, 0.25) is 0 Å². The minimum absolute atomic E-state index is 0.220. The topological polar surface area (TPSA) is 29.5 Å². The van der Waals surface area contributed by atoms with E-state index < -0.39 is 5.60 Å². The molecule has 0 atom stereocenters. The lowest BCUT2D eigenvalue weighted by molar-refractivity contribution is 0.0270. The predicted octanol–water partition coefficient (Wildman–Crippen LogP) is 5.25. The Kier molecular flexibility index (Phi) is 5.12. The fourth-order valence-electron chi connectivity index (χ4n) is 3.37. The summed E-state index contributed by atoms with van der Waals surface area (Å²) in [7, 11) is 0. The molecule has 1 aromatic carbocycles. The number of ether oxygens (including phenoxy) is 1. The standard InChI is InChI=1S/C21H31NO2/c1-13-14(2)16(4)19(17(5)15(13)3)18-9-11-22(12-10-18)20(23)24-21(6,7)8/h9H,10-12H2,1-8H3. The zero-order valence-electron chi connectivity index (χ0n) is 16.5. The number of hydrogen-bond acceptors (Lipinski definition) is 2. The SMILES string of the molecule is Cc1c(C)c(C)c(C2=CCN(C(=O)OC(C)(C)C)CC2)c(C)c1C. The molecule has 0 aliphatic carbocycles. The van der Waals surface area contributed by atoms with Gasteiger partial charge in [0.1, 0.15) is 5.60 Å². The van der Waals surface area contributed by atoms with Crippen LogP contribution in [0.15, 0.2) is 6.08 Å². The van der Waals surface area contributed by atoms with Gasteiger partial charge in [0.25, 0.3) is 0 Å². The molecule has 0 saturated carbocycles. The van der Waals surface area contributed by atoms with E-state index in [0.717, 1.165) is 6.42 Å². The van der Waals surface area contributed by atoms with E-state index >= 15 is 0 Å². The van der Waals surface area contributed by atoms with Crippen molar-refractivity contribution in [1.82, 2.24) is 4.90 Å². The first-order valence-corrected chi connectivity index (χ1v) is 8.77. The molecule has 3 nitrogen and oxygen atoms in total. The summed E-state index contributed by atoms with van der Waals surface area (Å²) in [5, 5.41) is 0. The Labute approximate surface area is 146 Å². The molecule has 0 bridgehead atoms. The van der Waals surface area contributed by atoms with Crippen molar-refractivity contribution in [3.05, 3.63) is 39.5 Å². The third-order valence-electron chi connectivity index (χ3n) is 5.18. The van der Waals surface area contributed by atoms with Gasteiger partial charge in [-0.25, -0.2) is 4.79 Å². The minimum Gasteiger partial charge on any atom is -0.444 e. The van der Waals surface area contributed by atoms with Gasteiger partial charge in [-0.15, -0.1) is 0 Å². The van der Waals surface area contributed by atoms with Gasteiger partial charge in [0.15, 0.2) is 0 Å². The van der Waals surface area contributed by atoms with Crippen molar-refractivity contribution >= 4 is 11.7 Å². The Morgan fingerprint density at radius 1 is 0.958 bits per heavy atom. The Morgan fingerprint density at radius 2 is 1.46 bits per heavy atom. The van der Waals surface area contributed by atoms with Crippen LogP contribution in [0.4, 0.5) is 4.79 Å². The fraction of sp³-hybridized carbons (Fsp3) is 0.571. The van der Waals surface area contributed by atoms with Crippen molar-refractivity contribution in [2.45, 2.75) is 67.4 Å². The molecule has 3 heteroatoms. The van der Waals surface area contributed by atoms with Gasteiger partial charge in [0, 0.05) is 13.1 Å². The molecule has 0 spiro atoms. The lowest BCUT2D eigenvalue weighted by Crippen LogP contribution is -2.39. The molecule has 1 heterocycles. The number of carbonyl (C=O) groups is 1. The van der Waals surface area contributed by atoms with Crippen LogP contribution >= 0.6 is 0 Å². The lowest BCUT2D eigenvalue weighted by atomic mass is 9.84. The second-order valence-electron chi connectivity index (χ2n) is 7.91. The summed E-state index contributed by atoms with van der Waals surface area (Å²) in [6, 6.07) is 0. The molecule has 1 aromatic rings. The summed E-state index contributed by atoms with van der Waals surface area (Å²) in [5.74, 6) is 0. The maximum absolute atomic E-state index is 12.2. The van der Waals surface area contributed by atoms with E-state index in [-0.39, 0.29) is 6.09 Å². The number of amides is 1. The fourth-order valence-corrected chi connectivity index (χ4v) is 3.37. The van der Waals surface area contributed by atoms with Crippen LogP contribution in [-0.4, -0.2) is 29.7 Å². The van der Waals surface area contributed by atoms with Crippen LogP contribution in [0.1, 0.15) is 60.6 Å². The van der Waals surface area contributed by atoms with Crippen molar-refractivity contribution < 1.29 is 9.53 Å². The predicted molar refractivity (Wildman–Crippen MR) is 101 cm³/mol. The van der Waals surface area contributed by atoms with E-state index in [1.165, 1.54) is 39.0 Å². The largest absolute Gasteiger partial charge is 0.444 e. The molecule has 0 N–H and O–H groups in total. The van der Waals surface area contributed by atoms with E-state index in [4.69, 9.17) is 4.74 Å². The van der Waals surface area contributed by atoms with E-state index in [1.807, 2.05) is 20.8 Å². The molecule has 1 amide bonds. The Hall–Kier alpha value is -1.77. The van der Waals surface area contributed by atoms with Gasteiger partial charge in [-0.2, -0.15) is 0 Å². The number of rotatable bonds is 1. The summed E-state index contributed by atoms with van der Waals surface area (Å²) in [4.78, 5) is 14.0. The molecular formula is C21H31NO2. The summed E-state index contributed by atoms with van der Waals surface area (Å²) in [6.45, 7) is 18.1. The molecule has 24 heavy (non-hydrogen) atoms. The normalized spacial score (nSPS) is 15.3. The summed E-state index contributed by atoms with van der Waals surface area (Å²) < 4.78 is 5.48. The van der Waals surface area contributed by atoms with Gasteiger partial charge in [-0.05, 0) is 101 Å². The van der Waals surface area contributed by atoms with Crippen LogP contribution in [0.25, 0.3) is 5.57 Å². The molecule has 1 aliphatic rings. The number of carbonyl (C=O) groups excluding carboxylic acids is 1. The zero-order valence-corrected chi connectivity index (χ0v) is 16.5. The van der Waals surface area contributed by atoms with Crippen molar-refractivity contribution in [2.75, 3.05) is 13.1 Å². The van der Waals surface area contributed by atoms with E-state index in [9.17, 15) is 4.79 Å². The Bertz CT molecular complexity index is 664. The van der Waals surface area contributed by atoms with Crippen LogP contribution in [0.3, 0.4) is 0 Å². The van der Waals surface area contributed by atoms with Crippen LogP contribution in [-0.2, 0) is 4.74 Å². The molecule has 0 fully saturated rings. The Morgan fingerprint density at radius 3 is 1.88 bits per heavy atom. The molecule has 0 saturated heterocycles. The maximum Gasteiger partial charge on any atom is 0.410 e. The van der Waals surface area contributed by atoms with E-state index in [1.54, 1.807) is 4.90 Å². The highest BCUT2D eigenvalue weighted by molar-refractivity contribution is 5.76. The first kappa shape index (κ1) is 18.6. The van der Waals surface area contributed by atoms with Crippen molar-refractivity contribution in [3.8, 4) is 0 Å². The molecular weight excluding hydrogens is 298 g/mol. The van der Waals surface area contributed by atoms with Gasteiger partial charge < -0.3 is 9.64 Å². The lowest BCUT2D eigenvalue weighted by Gasteiger charge is -2.31. The van der Waals surface area contributed by atoms with Crippen LogP contribution in [0.5, 0.6) is 0 Å². The van der Waals surface area contributed by atoms with Crippen molar-refractivity contribution in [2.24, 2.45) is 0 Å². The summed E-state index contributed by atoms with van der Waals surface area (Å²) >= 11 is 0. The molecule has 0 radical (unpaired) electrons. The summed E-state index contributed by atoms with van der Waals surface area (Å²) in [5.41, 5.74) is 9.17. The second kappa shape index (κ2) is 6.62. The maximum atomic E-state index is 12.2. The third-order valence-corrected chi connectivity index (χ3v) is 5.18.